The zero-order chi connectivity index (χ0) is 21.1. The highest BCUT2D eigenvalue weighted by Gasteiger charge is 2.27. The monoisotopic (exact) mass is 439 g/mol. The Bertz CT molecular complexity index is 1130. The fourth-order valence-corrected chi connectivity index (χ4v) is 3.68. The van der Waals surface area contributed by atoms with Crippen LogP contribution >= 0.6 is 23.2 Å². The molecule has 2 N–H and O–H groups in total. The summed E-state index contributed by atoms with van der Waals surface area (Å²) in [5, 5.41) is 20.4. The molecule has 3 aromatic carbocycles. The van der Waals surface area contributed by atoms with E-state index in [1.165, 1.54) is 6.07 Å². The van der Waals surface area contributed by atoms with Gasteiger partial charge in [0, 0.05) is 0 Å². The Morgan fingerprint density at radius 1 is 1.00 bits per heavy atom. The minimum absolute atomic E-state index is 0.0142. The second-order valence-electron chi connectivity index (χ2n) is 6.42. The molecule has 0 unspecified atom stereocenters. The lowest BCUT2D eigenvalue weighted by molar-refractivity contribution is 0.0943. The Morgan fingerprint density at radius 3 is 2.13 bits per heavy atom. The van der Waals surface area contributed by atoms with Gasteiger partial charge in [-0.3, -0.25) is 4.79 Å². The number of carbonyl (C=O) groups excluding carboxylic acids is 1. The van der Waals surface area contributed by atoms with Gasteiger partial charge in [-0.25, -0.2) is 0 Å². The van der Waals surface area contributed by atoms with Gasteiger partial charge in [0.05, 0.1) is 27.2 Å². The number of hydrogen-bond donors (Lipinski definition) is 2. The summed E-state index contributed by atoms with van der Waals surface area (Å²) >= 11 is 12.4. The van der Waals surface area contributed by atoms with Crippen LogP contribution in [0.1, 0.15) is 27.5 Å². The van der Waals surface area contributed by atoms with Gasteiger partial charge < -0.3 is 14.8 Å². The number of nitrogens with one attached hydrogen (secondary N) is 1. The summed E-state index contributed by atoms with van der Waals surface area (Å²) in [6.45, 7) is 0. The molecule has 0 atom stereocenters. The lowest BCUT2D eigenvalue weighted by Gasteiger charge is -2.21. The van der Waals surface area contributed by atoms with E-state index in [2.05, 4.69) is 15.5 Å². The molecule has 0 fully saturated rings. The van der Waals surface area contributed by atoms with E-state index in [1.54, 1.807) is 0 Å². The maximum absolute atomic E-state index is 13.4. The summed E-state index contributed by atoms with van der Waals surface area (Å²) in [7, 11) is 0. The first-order valence-electron chi connectivity index (χ1n) is 8.94. The first-order valence-corrected chi connectivity index (χ1v) is 9.70. The van der Waals surface area contributed by atoms with E-state index in [4.69, 9.17) is 27.6 Å². The minimum atomic E-state index is -0.530. The van der Waals surface area contributed by atoms with E-state index < -0.39 is 17.7 Å². The van der Waals surface area contributed by atoms with Crippen LogP contribution in [0.2, 0.25) is 10.0 Å². The van der Waals surface area contributed by atoms with Crippen molar-refractivity contribution in [1.82, 2.24) is 15.5 Å². The van der Waals surface area contributed by atoms with Crippen LogP contribution in [-0.2, 0) is 0 Å². The summed E-state index contributed by atoms with van der Waals surface area (Å²) in [6, 6.07) is 19.9. The predicted octanol–water partition coefficient (Wildman–Crippen LogP) is 5.27. The van der Waals surface area contributed by atoms with Gasteiger partial charge in [0.2, 0.25) is 12.3 Å². The van der Waals surface area contributed by atoms with Crippen LogP contribution in [0.25, 0.3) is 11.5 Å². The Hall–Kier alpha value is -3.35. The lowest BCUT2D eigenvalue weighted by Crippen LogP contribution is -2.30. The van der Waals surface area contributed by atoms with E-state index in [1.807, 2.05) is 60.7 Å². The highest BCUT2D eigenvalue weighted by molar-refractivity contribution is 6.40. The molecular weight excluding hydrogens is 425 g/mol. The largest absolute Gasteiger partial charge is 0.505 e. The second kappa shape index (κ2) is 8.57. The van der Waals surface area contributed by atoms with Crippen molar-refractivity contribution in [3.8, 4) is 17.2 Å². The van der Waals surface area contributed by atoms with Gasteiger partial charge in [-0.15, -0.1) is 10.2 Å². The van der Waals surface area contributed by atoms with Crippen molar-refractivity contribution in [2.24, 2.45) is 0 Å². The van der Waals surface area contributed by atoms with Gasteiger partial charge in [-0.1, -0.05) is 83.9 Å². The number of hydrogen-bond acceptors (Lipinski definition) is 5. The van der Waals surface area contributed by atoms with Gasteiger partial charge in [0.1, 0.15) is 0 Å². The van der Waals surface area contributed by atoms with Crippen LogP contribution in [0.5, 0.6) is 5.75 Å². The molecule has 4 aromatic rings. The second-order valence-corrected chi connectivity index (χ2v) is 7.20. The molecular formula is C22H15Cl2N3O3. The Kier molecular flexibility index (Phi) is 5.70. The number of benzene rings is 3. The van der Waals surface area contributed by atoms with Gasteiger partial charge in [-0.05, 0) is 17.2 Å². The third-order valence-corrected chi connectivity index (χ3v) is 5.21. The Morgan fingerprint density at radius 2 is 1.60 bits per heavy atom. The molecule has 1 heterocycles. The molecule has 4 rings (SSSR count). The number of halogens is 2. The number of rotatable bonds is 5. The molecule has 0 saturated heterocycles. The molecule has 0 spiro atoms. The molecule has 1 aromatic heterocycles. The number of aromatic hydroxyl groups is 1. The number of aromatic nitrogens is 2. The number of nitrogens with zero attached hydrogens (tertiary/aromatic N) is 2. The van der Waals surface area contributed by atoms with Crippen molar-refractivity contribution >= 4 is 29.1 Å². The maximum atomic E-state index is 13.4. The average molecular weight is 440 g/mol. The van der Waals surface area contributed by atoms with Crippen LogP contribution in [-0.4, -0.2) is 21.2 Å². The third-order valence-electron chi connectivity index (χ3n) is 4.55. The Balaban J connectivity index is 1.80. The summed E-state index contributed by atoms with van der Waals surface area (Å²) in [5.41, 5.74) is 1.97. The first kappa shape index (κ1) is 19.9. The fraction of sp³-hybridized carbons (Fsp3) is 0.0455. The molecule has 1 amide bonds. The van der Waals surface area contributed by atoms with Crippen LogP contribution in [0.15, 0.2) is 77.5 Å². The van der Waals surface area contributed by atoms with Crippen LogP contribution in [0.3, 0.4) is 0 Å². The SMILES string of the molecule is O=C(NC(c1ccccc1)c1ccccc1)c1c(-c2nnco2)cc(Cl)c(O)c1Cl. The number of amides is 1. The van der Waals surface area contributed by atoms with E-state index >= 15 is 0 Å². The zero-order valence-electron chi connectivity index (χ0n) is 15.4. The average Bonchev–Trinajstić information content (AvgIpc) is 3.31. The van der Waals surface area contributed by atoms with E-state index in [0.717, 1.165) is 17.5 Å². The summed E-state index contributed by atoms with van der Waals surface area (Å²) in [5.74, 6) is -0.875. The smallest absolute Gasteiger partial charge is 0.254 e. The van der Waals surface area contributed by atoms with Crippen molar-refractivity contribution in [3.05, 3.63) is 99.9 Å². The molecule has 0 aliphatic carbocycles. The molecule has 0 bridgehead atoms. The number of carbonyl (C=O) groups is 1. The quantitative estimate of drug-likeness (QED) is 0.442. The molecule has 0 aliphatic rings. The van der Waals surface area contributed by atoms with E-state index in [0.29, 0.717) is 0 Å². The third kappa shape index (κ3) is 3.87. The van der Waals surface area contributed by atoms with E-state index in [-0.39, 0.29) is 27.1 Å². The van der Waals surface area contributed by atoms with Crippen LogP contribution < -0.4 is 5.32 Å². The molecule has 8 heteroatoms. The highest BCUT2D eigenvalue weighted by Crippen LogP contribution is 2.40. The van der Waals surface area contributed by atoms with Gasteiger partial charge in [0.15, 0.2) is 5.75 Å². The zero-order valence-corrected chi connectivity index (χ0v) is 16.9. The van der Waals surface area contributed by atoms with Crippen molar-refractivity contribution < 1.29 is 14.3 Å². The minimum Gasteiger partial charge on any atom is -0.505 e. The van der Waals surface area contributed by atoms with E-state index in [9.17, 15) is 9.90 Å². The topological polar surface area (TPSA) is 88.3 Å². The van der Waals surface area contributed by atoms with Gasteiger partial charge in [-0.2, -0.15) is 0 Å². The molecule has 6 nitrogen and oxygen atoms in total. The summed E-state index contributed by atoms with van der Waals surface area (Å²) in [6.07, 6.45) is 1.13. The van der Waals surface area contributed by atoms with Crippen molar-refractivity contribution in [2.45, 2.75) is 6.04 Å². The van der Waals surface area contributed by atoms with Gasteiger partial charge in [0.25, 0.3) is 5.91 Å². The van der Waals surface area contributed by atoms with Crippen molar-refractivity contribution in [1.29, 1.82) is 0 Å². The summed E-state index contributed by atoms with van der Waals surface area (Å²) in [4.78, 5) is 13.4. The molecule has 30 heavy (non-hydrogen) atoms. The Labute approximate surface area is 182 Å². The van der Waals surface area contributed by atoms with Crippen LogP contribution in [0.4, 0.5) is 0 Å². The fourth-order valence-electron chi connectivity index (χ4n) is 3.14. The standard InChI is InChI=1S/C22H15Cl2N3O3/c23-16-11-15(22-27-25-12-30-22)17(18(24)20(16)28)21(29)26-19(13-7-3-1-4-8-13)14-9-5-2-6-10-14/h1-12,19,28H,(H,26,29). The summed E-state index contributed by atoms with van der Waals surface area (Å²) < 4.78 is 5.23. The number of phenols is 1. The van der Waals surface area contributed by atoms with Gasteiger partial charge >= 0.3 is 0 Å². The molecule has 150 valence electrons. The van der Waals surface area contributed by atoms with Crippen LogP contribution in [0, 0.1) is 0 Å². The number of phenolic OH excluding ortho intramolecular Hbond substituents is 1. The molecule has 0 saturated carbocycles. The molecule has 0 radical (unpaired) electrons. The maximum Gasteiger partial charge on any atom is 0.254 e. The molecule has 0 aliphatic heterocycles. The predicted molar refractivity (Wildman–Crippen MR) is 114 cm³/mol. The lowest BCUT2D eigenvalue weighted by atomic mass is 9.97. The highest BCUT2D eigenvalue weighted by atomic mass is 35.5. The van der Waals surface area contributed by atoms with Crippen molar-refractivity contribution in [2.75, 3.05) is 0 Å². The normalized spacial score (nSPS) is 10.9. The van der Waals surface area contributed by atoms with Crippen molar-refractivity contribution in [3.63, 3.8) is 0 Å². The first-order chi connectivity index (χ1) is 14.6.